The Bertz CT molecular complexity index is 1280. The highest BCUT2D eigenvalue weighted by molar-refractivity contribution is 5.57. The van der Waals surface area contributed by atoms with Crippen LogP contribution in [0.1, 0.15) is 22.3 Å². The summed E-state index contributed by atoms with van der Waals surface area (Å²) in [5.74, 6) is 3.61. The Balaban J connectivity index is 1.18. The van der Waals surface area contributed by atoms with E-state index in [4.69, 9.17) is 14.2 Å². The molecule has 176 valence electrons. The van der Waals surface area contributed by atoms with Gasteiger partial charge in [-0.3, -0.25) is 0 Å². The van der Waals surface area contributed by atoms with Crippen LogP contribution in [0.3, 0.4) is 0 Å². The molecule has 0 amide bonds. The van der Waals surface area contributed by atoms with E-state index in [-0.39, 0.29) is 0 Å². The zero-order chi connectivity index (χ0) is 23.8. The van der Waals surface area contributed by atoms with E-state index < -0.39 is 0 Å². The molecule has 5 nitrogen and oxygen atoms in total. The van der Waals surface area contributed by atoms with Crippen molar-refractivity contribution >= 4 is 11.4 Å². The predicted octanol–water partition coefficient (Wildman–Crippen LogP) is 6.81. The summed E-state index contributed by atoms with van der Waals surface area (Å²) < 4.78 is 18.4. The molecule has 0 aliphatic carbocycles. The van der Waals surface area contributed by atoms with Crippen molar-refractivity contribution in [2.75, 3.05) is 23.3 Å². The molecule has 0 saturated carbocycles. The third-order valence-electron chi connectivity index (χ3n) is 6.64. The number of nitrogens with zero attached hydrogens (tertiary/aromatic N) is 2. The molecule has 0 aromatic heterocycles. The molecule has 2 heterocycles. The molecule has 0 fully saturated rings. The number of rotatable bonds is 4. The zero-order valence-corrected chi connectivity index (χ0v) is 20.0. The van der Waals surface area contributed by atoms with Gasteiger partial charge in [0.1, 0.15) is 23.0 Å². The van der Waals surface area contributed by atoms with E-state index in [2.05, 4.69) is 84.3 Å². The van der Waals surface area contributed by atoms with Gasteiger partial charge in [0.25, 0.3) is 0 Å². The van der Waals surface area contributed by atoms with Gasteiger partial charge in [-0.2, -0.15) is 0 Å². The molecule has 5 heteroatoms. The van der Waals surface area contributed by atoms with Crippen LogP contribution in [-0.2, 0) is 13.1 Å². The molecule has 4 aromatic carbocycles. The molecule has 0 saturated heterocycles. The first kappa shape index (κ1) is 21.4. The van der Waals surface area contributed by atoms with Crippen molar-refractivity contribution in [1.82, 2.24) is 0 Å². The van der Waals surface area contributed by atoms with Crippen LogP contribution in [0.5, 0.6) is 23.0 Å². The van der Waals surface area contributed by atoms with Crippen molar-refractivity contribution in [3.63, 3.8) is 0 Å². The molecular weight excluding hydrogens is 436 g/mol. The monoisotopic (exact) mass is 464 g/mol. The minimum Gasteiger partial charge on any atom is -0.472 e. The largest absolute Gasteiger partial charge is 0.472 e. The van der Waals surface area contributed by atoms with Crippen LogP contribution in [0.2, 0.25) is 0 Å². The van der Waals surface area contributed by atoms with Crippen molar-refractivity contribution < 1.29 is 14.2 Å². The summed E-state index contributed by atoms with van der Waals surface area (Å²) in [6.07, 6.45) is 0. The average Bonchev–Trinajstić information content (AvgIpc) is 2.89. The Morgan fingerprint density at radius 1 is 0.600 bits per heavy atom. The lowest BCUT2D eigenvalue weighted by Crippen LogP contribution is -2.32. The maximum atomic E-state index is 6.28. The quantitative estimate of drug-likeness (QED) is 0.331. The number of benzene rings is 4. The fourth-order valence-corrected chi connectivity index (χ4v) is 4.83. The lowest BCUT2D eigenvalue weighted by Gasteiger charge is -2.32. The molecule has 0 bridgehead atoms. The topological polar surface area (TPSA) is 34.2 Å². The van der Waals surface area contributed by atoms with Crippen molar-refractivity contribution in [3.8, 4) is 23.0 Å². The molecule has 2 aliphatic rings. The van der Waals surface area contributed by atoms with Gasteiger partial charge in [0, 0.05) is 47.7 Å². The van der Waals surface area contributed by atoms with E-state index in [9.17, 15) is 0 Å². The standard InChI is InChI=1S/C30H28N2O3/c1-21-7-3-9-23-17-31(19-33-29(21)23)25-11-5-13-27(15-25)35-28-14-6-12-26(16-28)32-18-24-10-4-8-22(2)30(24)34-20-32/h3-16H,17-20H2,1-2H3. The van der Waals surface area contributed by atoms with Gasteiger partial charge >= 0.3 is 0 Å². The minimum atomic E-state index is 0.521. The van der Waals surface area contributed by atoms with Gasteiger partial charge in [-0.1, -0.05) is 48.5 Å². The van der Waals surface area contributed by atoms with Gasteiger partial charge in [-0.05, 0) is 49.2 Å². The maximum Gasteiger partial charge on any atom is 0.161 e. The Hall–Kier alpha value is -4.12. The first-order valence-electron chi connectivity index (χ1n) is 11.9. The number of anilines is 2. The Morgan fingerprint density at radius 3 is 1.54 bits per heavy atom. The zero-order valence-electron chi connectivity index (χ0n) is 20.0. The van der Waals surface area contributed by atoms with Gasteiger partial charge in [0.2, 0.25) is 0 Å². The summed E-state index contributed by atoms with van der Waals surface area (Å²) in [4.78, 5) is 4.44. The molecule has 2 aliphatic heterocycles. The highest BCUT2D eigenvalue weighted by atomic mass is 16.5. The average molecular weight is 465 g/mol. The fourth-order valence-electron chi connectivity index (χ4n) is 4.83. The number of hydrogen-bond acceptors (Lipinski definition) is 5. The SMILES string of the molecule is Cc1cccc2c1OCN(c1cccc(Oc3cccc(N4COc5c(C)cccc5C4)c3)c1)C2. The molecule has 0 N–H and O–H groups in total. The number of hydrogen-bond donors (Lipinski definition) is 0. The van der Waals surface area contributed by atoms with Gasteiger partial charge in [0.05, 0.1) is 0 Å². The van der Waals surface area contributed by atoms with Gasteiger partial charge in [-0.15, -0.1) is 0 Å². The predicted molar refractivity (Wildman–Crippen MR) is 139 cm³/mol. The second kappa shape index (κ2) is 8.91. The Kier molecular flexibility index (Phi) is 5.45. The van der Waals surface area contributed by atoms with Crippen LogP contribution in [0.25, 0.3) is 0 Å². The number of para-hydroxylation sites is 2. The Labute approximate surface area is 206 Å². The van der Waals surface area contributed by atoms with E-state index in [1.807, 2.05) is 24.3 Å². The molecule has 0 radical (unpaired) electrons. The van der Waals surface area contributed by atoms with E-state index in [0.717, 1.165) is 47.5 Å². The molecular formula is C30H28N2O3. The number of ether oxygens (including phenoxy) is 3. The fraction of sp³-hybridized carbons (Fsp3) is 0.200. The number of aryl methyl sites for hydroxylation is 2. The summed E-state index contributed by atoms with van der Waals surface area (Å²) in [6.45, 7) is 6.84. The minimum absolute atomic E-state index is 0.521. The molecule has 6 rings (SSSR count). The van der Waals surface area contributed by atoms with Crippen molar-refractivity contribution in [1.29, 1.82) is 0 Å². The first-order chi connectivity index (χ1) is 17.1. The molecule has 0 atom stereocenters. The third-order valence-corrected chi connectivity index (χ3v) is 6.64. The van der Waals surface area contributed by atoms with Crippen molar-refractivity contribution in [2.45, 2.75) is 26.9 Å². The summed E-state index contributed by atoms with van der Waals surface area (Å²) in [5.41, 5.74) is 6.91. The Morgan fingerprint density at radius 2 is 1.06 bits per heavy atom. The third kappa shape index (κ3) is 4.26. The van der Waals surface area contributed by atoms with Gasteiger partial charge < -0.3 is 24.0 Å². The van der Waals surface area contributed by atoms with Crippen LogP contribution in [0, 0.1) is 13.8 Å². The van der Waals surface area contributed by atoms with Gasteiger partial charge in [-0.25, -0.2) is 0 Å². The lowest BCUT2D eigenvalue weighted by molar-refractivity contribution is 0.287. The van der Waals surface area contributed by atoms with Crippen molar-refractivity contribution in [2.24, 2.45) is 0 Å². The van der Waals surface area contributed by atoms with E-state index in [1.165, 1.54) is 22.3 Å². The van der Waals surface area contributed by atoms with Crippen LogP contribution in [0.4, 0.5) is 11.4 Å². The van der Waals surface area contributed by atoms with Crippen LogP contribution in [0.15, 0.2) is 84.9 Å². The second-order valence-corrected chi connectivity index (χ2v) is 9.17. The maximum absolute atomic E-state index is 6.28. The van der Waals surface area contributed by atoms with Gasteiger partial charge in [0.15, 0.2) is 13.5 Å². The molecule has 0 spiro atoms. The normalized spacial score (nSPS) is 14.5. The summed E-state index contributed by atoms with van der Waals surface area (Å²) in [6, 6.07) is 29.0. The van der Waals surface area contributed by atoms with E-state index in [0.29, 0.717) is 13.5 Å². The van der Waals surface area contributed by atoms with Crippen LogP contribution in [-0.4, -0.2) is 13.5 Å². The first-order valence-corrected chi connectivity index (χ1v) is 11.9. The smallest absolute Gasteiger partial charge is 0.161 e. The lowest BCUT2D eigenvalue weighted by atomic mass is 10.1. The summed E-state index contributed by atoms with van der Waals surface area (Å²) >= 11 is 0. The highest BCUT2D eigenvalue weighted by Gasteiger charge is 2.21. The van der Waals surface area contributed by atoms with Crippen LogP contribution >= 0.6 is 0 Å². The van der Waals surface area contributed by atoms with E-state index in [1.54, 1.807) is 0 Å². The van der Waals surface area contributed by atoms with E-state index >= 15 is 0 Å². The van der Waals surface area contributed by atoms with Crippen molar-refractivity contribution in [3.05, 3.63) is 107 Å². The molecule has 0 unspecified atom stereocenters. The summed E-state index contributed by atoms with van der Waals surface area (Å²) in [5, 5.41) is 0. The highest BCUT2D eigenvalue weighted by Crippen LogP contribution is 2.35. The summed E-state index contributed by atoms with van der Waals surface area (Å²) in [7, 11) is 0. The molecule has 35 heavy (non-hydrogen) atoms. The number of fused-ring (bicyclic) bond motifs is 2. The van der Waals surface area contributed by atoms with Crippen LogP contribution < -0.4 is 24.0 Å². The molecule has 4 aromatic rings. The second-order valence-electron chi connectivity index (χ2n) is 9.17.